The maximum Gasteiger partial charge on any atom is 0.326 e. The highest BCUT2D eigenvalue weighted by Crippen LogP contribution is 2.06. The Morgan fingerprint density at radius 2 is 1.66 bits per heavy atom. The number of rotatable bonds is 16. The zero-order valence-electron chi connectivity index (χ0n) is 21.3. The van der Waals surface area contributed by atoms with Crippen LogP contribution in [0.4, 0.5) is 0 Å². The third-order valence-electron chi connectivity index (χ3n) is 5.87. The molecule has 1 heterocycles. The normalized spacial score (nSPS) is 14.9. The maximum atomic E-state index is 13.1. The summed E-state index contributed by atoms with van der Waals surface area (Å²) in [5, 5.41) is 27.2. The first-order chi connectivity index (χ1) is 18.1. The molecule has 0 bridgehead atoms. The van der Waals surface area contributed by atoms with Crippen molar-refractivity contribution in [3.05, 3.63) is 54.1 Å². The zero-order valence-corrected chi connectivity index (χ0v) is 21.3. The standard InChI is InChI=1S/C25H37N7O6/c1-15(33)21(32-22(34)18(27)11-16-7-3-2-4-8-16)24(36)31-20(12-17-13-28-14-29-17)23(35)30-19(25(37)38)9-5-6-10-26/h2-4,7-8,13-15,18-21,33H,5-6,9-12,26-27H2,1H3,(H,28,29)(H,30,35)(H,31,36)(H,32,34)(H,37,38). The molecule has 2 rings (SSSR count). The maximum absolute atomic E-state index is 13.1. The summed E-state index contributed by atoms with van der Waals surface area (Å²) in [6, 6.07) is 4.26. The highest BCUT2D eigenvalue weighted by molar-refractivity contribution is 5.94. The molecule has 13 heteroatoms. The number of aromatic amines is 1. The summed E-state index contributed by atoms with van der Waals surface area (Å²) in [5.74, 6) is -3.46. The summed E-state index contributed by atoms with van der Waals surface area (Å²) >= 11 is 0. The van der Waals surface area contributed by atoms with E-state index < -0.39 is 54.0 Å². The van der Waals surface area contributed by atoms with Gasteiger partial charge in [0.1, 0.15) is 18.1 Å². The molecule has 0 aliphatic heterocycles. The molecular formula is C25H37N7O6. The lowest BCUT2D eigenvalue weighted by Crippen LogP contribution is -2.60. The van der Waals surface area contributed by atoms with E-state index in [0.717, 1.165) is 5.56 Å². The molecule has 0 spiro atoms. The number of H-pyrrole nitrogens is 1. The summed E-state index contributed by atoms with van der Waals surface area (Å²) in [7, 11) is 0. The van der Waals surface area contributed by atoms with Crippen molar-refractivity contribution in [3.63, 3.8) is 0 Å². The number of imidazole rings is 1. The van der Waals surface area contributed by atoms with Crippen LogP contribution in [0.3, 0.4) is 0 Å². The molecule has 1 aromatic carbocycles. The first kappa shape index (κ1) is 30.4. The molecule has 0 saturated carbocycles. The molecule has 208 valence electrons. The van der Waals surface area contributed by atoms with Crippen molar-refractivity contribution in [2.45, 2.75) is 69.3 Å². The Hall–Kier alpha value is -3.81. The van der Waals surface area contributed by atoms with Gasteiger partial charge in [0.05, 0.1) is 18.5 Å². The van der Waals surface area contributed by atoms with Crippen LogP contribution in [0.2, 0.25) is 0 Å². The van der Waals surface area contributed by atoms with E-state index in [9.17, 15) is 29.4 Å². The van der Waals surface area contributed by atoms with Crippen molar-refractivity contribution in [1.82, 2.24) is 25.9 Å². The van der Waals surface area contributed by atoms with Crippen LogP contribution in [-0.2, 0) is 32.0 Å². The van der Waals surface area contributed by atoms with E-state index in [0.29, 0.717) is 25.1 Å². The molecule has 0 fully saturated rings. The van der Waals surface area contributed by atoms with E-state index in [-0.39, 0.29) is 19.3 Å². The zero-order chi connectivity index (χ0) is 28.1. The van der Waals surface area contributed by atoms with Crippen LogP contribution in [0, 0.1) is 0 Å². The summed E-state index contributed by atoms with van der Waals surface area (Å²) < 4.78 is 0. The molecule has 10 N–H and O–H groups in total. The van der Waals surface area contributed by atoms with E-state index >= 15 is 0 Å². The number of benzene rings is 1. The highest BCUT2D eigenvalue weighted by Gasteiger charge is 2.32. The van der Waals surface area contributed by atoms with Gasteiger partial charge in [0, 0.05) is 18.3 Å². The summed E-state index contributed by atoms with van der Waals surface area (Å²) in [6.45, 7) is 1.70. The second kappa shape index (κ2) is 15.4. The molecule has 5 atom stereocenters. The number of unbranched alkanes of at least 4 members (excludes halogenated alkanes) is 1. The van der Waals surface area contributed by atoms with Gasteiger partial charge >= 0.3 is 5.97 Å². The van der Waals surface area contributed by atoms with Gasteiger partial charge in [0.2, 0.25) is 17.7 Å². The lowest BCUT2D eigenvalue weighted by Gasteiger charge is -2.26. The van der Waals surface area contributed by atoms with Gasteiger partial charge in [0.15, 0.2) is 0 Å². The average Bonchev–Trinajstić information content (AvgIpc) is 3.39. The largest absolute Gasteiger partial charge is 0.480 e. The van der Waals surface area contributed by atoms with Gasteiger partial charge in [0.25, 0.3) is 0 Å². The molecule has 2 aromatic rings. The van der Waals surface area contributed by atoms with Gasteiger partial charge in [-0.25, -0.2) is 9.78 Å². The van der Waals surface area contributed by atoms with Crippen molar-refractivity contribution in [1.29, 1.82) is 0 Å². The Morgan fingerprint density at radius 3 is 2.24 bits per heavy atom. The first-order valence-electron chi connectivity index (χ1n) is 12.4. The number of aromatic nitrogens is 2. The summed E-state index contributed by atoms with van der Waals surface area (Å²) in [5.41, 5.74) is 12.8. The molecule has 13 nitrogen and oxygen atoms in total. The SMILES string of the molecule is CC(O)C(NC(=O)C(N)Cc1ccccc1)C(=O)NC(Cc1cnc[nH]1)C(=O)NC(CCCCN)C(=O)O. The number of amides is 3. The Labute approximate surface area is 220 Å². The van der Waals surface area contributed by atoms with Crippen LogP contribution < -0.4 is 27.4 Å². The molecule has 1 aromatic heterocycles. The molecule has 0 aliphatic rings. The predicted molar refractivity (Wildman–Crippen MR) is 138 cm³/mol. The van der Waals surface area contributed by atoms with E-state index in [2.05, 4.69) is 25.9 Å². The minimum Gasteiger partial charge on any atom is -0.480 e. The molecule has 0 radical (unpaired) electrons. The van der Waals surface area contributed by atoms with Gasteiger partial charge in [-0.15, -0.1) is 0 Å². The van der Waals surface area contributed by atoms with Crippen LogP contribution in [0.25, 0.3) is 0 Å². The Morgan fingerprint density at radius 1 is 0.974 bits per heavy atom. The van der Waals surface area contributed by atoms with Crippen molar-refractivity contribution < 1.29 is 29.4 Å². The number of carbonyl (C=O) groups is 4. The number of nitrogens with zero attached hydrogens (tertiary/aromatic N) is 1. The third-order valence-corrected chi connectivity index (χ3v) is 5.87. The molecule has 5 unspecified atom stereocenters. The molecule has 3 amide bonds. The van der Waals surface area contributed by atoms with Crippen LogP contribution in [-0.4, -0.2) is 80.7 Å². The number of carboxylic acids is 1. The van der Waals surface area contributed by atoms with Crippen LogP contribution in [0.15, 0.2) is 42.9 Å². The van der Waals surface area contributed by atoms with Crippen molar-refractivity contribution in [2.75, 3.05) is 6.54 Å². The van der Waals surface area contributed by atoms with E-state index in [4.69, 9.17) is 11.5 Å². The highest BCUT2D eigenvalue weighted by atomic mass is 16.4. The fraction of sp³-hybridized carbons (Fsp3) is 0.480. The average molecular weight is 532 g/mol. The quantitative estimate of drug-likeness (QED) is 0.119. The topological polar surface area (TPSA) is 226 Å². The first-order valence-corrected chi connectivity index (χ1v) is 12.4. The predicted octanol–water partition coefficient (Wildman–Crippen LogP) is -1.43. The number of hydrogen-bond acceptors (Lipinski definition) is 8. The minimum absolute atomic E-state index is 0.0410. The number of aliphatic carboxylic acids is 1. The van der Waals surface area contributed by atoms with Crippen molar-refractivity contribution >= 4 is 23.7 Å². The fourth-order valence-electron chi connectivity index (χ4n) is 3.74. The number of carbonyl (C=O) groups excluding carboxylic acids is 3. The van der Waals surface area contributed by atoms with E-state index in [1.807, 2.05) is 30.3 Å². The number of hydrogen-bond donors (Lipinski definition) is 8. The van der Waals surface area contributed by atoms with Crippen molar-refractivity contribution in [3.8, 4) is 0 Å². The summed E-state index contributed by atoms with van der Waals surface area (Å²) in [6.07, 6.45) is 2.95. The number of aliphatic hydroxyl groups is 1. The van der Waals surface area contributed by atoms with E-state index in [1.54, 1.807) is 0 Å². The van der Waals surface area contributed by atoms with Gasteiger partial charge < -0.3 is 42.6 Å². The number of nitrogens with one attached hydrogen (secondary N) is 4. The fourth-order valence-corrected chi connectivity index (χ4v) is 3.74. The Balaban J connectivity index is 2.12. The minimum atomic E-state index is -1.42. The lowest BCUT2D eigenvalue weighted by molar-refractivity contribution is -0.142. The number of aliphatic hydroxyl groups excluding tert-OH is 1. The second-order valence-corrected chi connectivity index (χ2v) is 9.05. The van der Waals surface area contributed by atoms with Crippen LogP contribution >= 0.6 is 0 Å². The molecule has 38 heavy (non-hydrogen) atoms. The van der Waals surface area contributed by atoms with E-state index in [1.165, 1.54) is 19.4 Å². The van der Waals surface area contributed by atoms with Gasteiger partial charge in [-0.3, -0.25) is 14.4 Å². The number of nitrogens with two attached hydrogens (primary N) is 2. The van der Waals surface area contributed by atoms with Crippen molar-refractivity contribution in [2.24, 2.45) is 11.5 Å². The smallest absolute Gasteiger partial charge is 0.326 e. The lowest BCUT2D eigenvalue weighted by atomic mass is 10.0. The molecular weight excluding hydrogens is 494 g/mol. The van der Waals surface area contributed by atoms with Crippen LogP contribution in [0.1, 0.15) is 37.4 Å². The third kappa shape index (κ3) is 9.92. The molecule has 0 aliphatic carbocycles. The van der Waals surface area contributed by atoms with Gasteiger partial charge in [-0.2, -0.15) is 0 Å². The Kier molecular flexibility index (Phi) is 12.4. The van der Waals surface area contributed by atoms with Gasteiger partial charge in [-0.05, 0) is 44.7 Å². The second-order valence-electron chi connectivity index (χ2n) is 9.05. The monoisotopic (exact) mass is 531 g/mol. The Bertz CT molecular complexity index is 1030. The molecule has 0 saturated heterocycles. The van der Waals surface area contributed by atoms with Gasteiger partial charge in [-0.1, -0.05) is 30.3 Å². The number of carboxylic acid groups (broad SMARTS) is 1. The van der Waals surface area contributed by atoms with Crippen LogP contribution in [0.5, 0.6) is 0 Å². The summed E-state index contributed by atoms with van der Waals surface area (Å²) in [4.78, 5) is 57.3.